The third-order valence-corrected chi connectivity index (χ3v) is 3.18. The molecule has 0 amide bonds. The topological polar surface area (TPSA) is 46.5 Å². The van der Waals surface area contributed by atoms with Crippen molar-refractivity contribution in [3.05, 3.63) is 35.4 Å². The van der Waals surface area contributed by atoms with Crippen LogP contribution >= 0.6 is 0 Å². The minimum Gasteiger partial charge on any atom is -0.478 e. The summed E-state index contributed by atoms with van der Waals surface area (Å²) in [6.07, 6.45) is 1.03. The maximum atomic E-state index is 10.7. The second kappa shape index (κ2) is 3.66. The Morgan fingerprint density at radius 3 is 2.33 bits per heavy atom. The van der Waals surface area contributed by atoms with Crippen molar-refractivity contribution in [1.82, 2.24) is 0 Å². The molecule has 80 valence electrons. The standard InChI is InChI=1S/C12H14O3/c1-2-12(7-15-8-12)10-5-3-9(4-6-10)11(13)14/h3-6H,2,7-8H2,1H3,(H,13,14). The summed E-state index contributed by atoms with van der Waals surface area (Å²) in [5.74, 6) is -0.878. The van der Waals surface area contributed by atoms with E-state index in [1.54, 1.807) is 12.1 Å². The zero-order valence-electron chi connectivity index (χ0n) is 8.69. The Kier molecular flexibility index (Phi) is 2.49. The van der Waals surface area contributed by atoms with E-state index in [-0.39, 0.29) is 5.41 Å². The summed E-state index contributed by atoms with van der Waals surface area (Å²) in [4.78, 5) is 10.7. The minimum absolute atomic E-state index is 0.122. The Morgan fingerprint density at radius 2 is 2.00 bits per heavy atom. The van der Waals surface area contributed by atoms with Gasteiger partial charge in [0.05, 0.1) is 18.8 Å². The number of benzene rings is 1. The van der Waals surface area contributed by atoms with Gasteiger partial charge >= 0.3 is 5.97 Å². The van der Waals surface area contributed by atoms with Gasteiger partial charge < -0.3 is 9.84 Å². The molecule has 15 heavy (non-hydrogen) atoms. The first-order valence-electron chi connectivity index (χ1n) is 5.09. The molecule has 1 N–H and O–H groups in total. The van der Waals surface area contributed by atoms with E-state index in [1.165, 1.54) is 5.56 Å². The Hall–Kier alpha value is -1.35. The molecule has 1 saturated heterocycles. The molecular weight excluding hydrogens is 192 g/mol. The Morgan fingerprint density at radius 1 is 1.40 bits per heavy atom. The molecule has 1 aliphatic rings. The molecule has 1 fully saturated rings. The van der Waals surface area contributed by atoms with Crippen LogP contribution in [0.15, 0.2) is 24.3 Å². The normalized spacial score (nSPS) is 18.2. The van der Waals surface area contributed by atoms with Crippen molar-refractivity contribution >= 4 is 5.97 Å². The maximum Gasteiger partial charge on any atom is 0.335 e. The second-order valence-corrected chi connectivity index (χ2v) is 4.01. The number of aromatic carboxylic acids is 1. The summed E-state index contributed by atoms with van der Waals surface area (Å²) in [5, 5.41) is 8.78. The molecule has 1 aromatic rings. The van der Waals surface area contributed by atoms with E-state index in [0.29, 0.717) is 5.56 Å². The molecule has 3 nitrogen and oxygen atoms in total. The zero-order valence-corrected chi connectivity index (χ0v) is 8.69. The molecule has 3 heteroatoms. The highest BCUT2D eigenvalue weighted by Crippen LogP contribution is 2.35. The highest BCUT2D eigenvalue weighted by molar-refractivity contribution is 5.87. The van der Waals surface area contributed by atoms with Crippen LogP contribution in [0, 0.1) is 0 Å². The van der Waals surface area contributed by atoms with Crippen molar-refractivity contribution in [1.29, 1.82) is 0 Å². The first kappa shape index (κ1) is 10.2. The molecule has 0 aromatic heterocycles. The molecule has 0 spiro atoms. The fourth-order valence-corrected chi connectivity index (χ4v) is 1.89. The third kappa shape index (κ3) is 1.63. The second-order valence-electron chi connectivity index (χ2n) is 4.01. The van der Waals surface area contributed by atoms with Crippen LogP contribution in [-0.4, -0.2) is 24.3 Å². The smallest absolute Gasteiger partial charge is 0.335 e. The lowest BCUT2D eigenvalue weighted by molar-refractivity contribution is -0.0620. The summed E-state index contributed by atoms with van der Waals surface area (Å²) in [6, 6.07) is 7.12. The van der Waals surface area contributed by atoms with Gasteiger partial charge in [-0.25, -0.2) is 4.79 Å². The Bertz CT molecular complexity index is 357. The van der Waals surface area contributed by atoms with E-state index in [9.17, 15) is 4.79 Å². The summed E-state index contributed by atoms with van der Waals surface area (Å²) < 4.78 is 5.24. The molecule has 0 atom stereocenters. The quantitative estimate of drug-likeness (QED) is 0.823. The van der Waals surface area contributed by atoms with Crippen LogP contribution in [-0.2, 0) is 10.2 Å². The molecule has 0 saturated carbocycles. The van der Waals surface area contributed by atoms with Gasteiger partial charge in [-0.3, -0.25) is 0 Å². The average molecular weight is 206 g/mol. The van der Waals surface area contributed by atoms with Gasteiger partial charge in [0.25, 0.3) is 0 Å². The fraction of sp³-hybridized carbons (Fsp3) is 0.417. The Balaban J connectivity index is 2.26. The first-order chi connectivity index (χ1) is 7.18. The molecule has 0 radical (unpaired) electrons. The van der Waals surface area contributed by atoms with Gasteiger partial charge in [0, 0.05) is 5.41 Å². The van der Waals surface area contributed by atoms with Crippen LogP contribution in [0.4, 0.5) is 0 Å². The van der Waals surface area contributed by atoms with Crippen molar-refractivity contribution in [3.8, 4) is 0 Å². The number of carboxylic acids is 1. The molecular formula is C12H14O3. The van der Waals surface area contributed by atoms with Crippen LogP contribution < -0.4 is 0 Å². The number of hydrogen-bond donors (Lipinski definition) is 1. The predicted molar refractivity (Wildman–Crippen MR) is 56.2 cm³/mol. The van der Waals surface area contributed by atoms with E-state index < -0.39 is 5.97 Å². The van der Waals surface area contributed by atoms with Gasteiger partial charge in [-0.2, -0.15) is 0 Å². The summed E-state index contributed by atoms with van der Waals surface area (Å²) >= 11 is 0. The molecule has 0 unspecified atom stereocenters. The largest absolute Gasteiger partial charge is 0.478 e. The lowest BCUT2D eigenvalue weighted by Crippen LogP contribution is -2.46. The first-order valence-corrected chi connectivity index (χ1v) is 5.09. The van der Waals surface area contributed by atoms with E-state index in [1.807, 2.05) is 12.1 Å². The molecule has 1 heterocycles. The minimum atomic E-state index is -0.878. The number of hydrogen-bond acceptors (Lipinski definition) is 2. The van der Waals surface area contributed by atoms with Crippen molar-refractivity contribution in [2.24, 2.45) is 0 Å². The number of carboxylic acid groups (broad SMARTS) is 1. The number of carbonyl (C=O) groups is 1. The number of rotatable bonds is 3. The van der Waals surface area contributed by atoms with Gasteiger partial charge in [0.2, 0.25) is 0 Å². The van der Waals surface area contributed by atoms with E-state index in [0.717, 1.165) is 19.6 Å². The highest BCUT2D eigenvalue weighted by Gasteiger charge is 2.38. The van der Waals surface area contributed by atoms with E-state index >= 15 is 0 Å². The third-order valence-electron chi connectivity index (χ3n) is 3.18. The summed E-state index contributed by atoms with van der Waals surface area (Å²) in [5.41, 5.74) is 1.64. The highest BCUT2D eigenvalue weighted by atomic mass is 16.5. The lowest BCUT2D eigenvalue weighted by atomic mass is 9.76. The molecule has 2 rings (SSSR count). The van der Waals surface area contributed by atoms with Crippen LogP contribution in [0.5, 0.6) is 0 Å². The van der Waals surface area contributed by atoms with Gasteiger partial charge in [0.1, 0.15) is 0 Å². The van der Waals surface area contributed by atoms with Gasteiger partial charge in [0.15, 0.2) is 0 Å². The van der Waals surface area contributed by atoms with Crippen LogP contribution in [0.2, 0.25) is 0 Å². The summed E-state index contributed by atoms with van der Waals surface area (Å²) in [7, 11) is 0. The van der Waals surface area contributed by atoms with Crippen molar-refractivity contribution in [2.45, 2.75) is 18.8 Å². The van der Waals surface area contributed by atoms with Crippen molar-refractivity contribution < 1.29 is 14.6 Å². The molecule has 0 aliphatic carbocycles. The lowest BCUT2D eigenvalue weighted by Gasteiger charge is -2.41. The van der Waals surface area contributed by atoms with Crippen LogP contribution in [0.3, 0.4) is 0 Å². The predicted octanol–water partition coefficient (Wildman–Crippen LogP) is 2.06. The number of ether oxygens (including phenoxy) is 1. The van der Waals surface area contributed by atoms with Crippen LogP contribution in [0.1, 0.15) is 29.3 Å². The zero-order chi connectivity index (χ0) is 10.9. The van der Waals surface area contributed by atoms with Crippen molar-refractivity contribution in [3.63, 3.8) is 0 Å². The fourth-order valence-electron chi connectivity index (χ4n) is 1.89. The average Bonchev–Trinajstić information content (AvgIpc) is 2.18. The molecule has 1 aliphatic heterocycles. The van der Waals surface area contributed by atoms with E-state index in [4.69, 9.17) is 9.84 Å². The maximum absolute atomic E-state index is 10.7. The van der Waals surface area contributed by atoms with Gasteiger partial charge in [-0.1, -0.05) is 19.1 Å². The van der Waals surface area contributed by atoms with Crippen molar-refractivity contribution in [2.75, 3.05) is 13.2 Å². The molecule has 0 bridgehead atoms. The SMILES string of the molecule is CCC1(c2ccc(C(=O)O)cc2)COC1. The van der Waals surface area contributed by atoms with E-state index in [2.05, 4.69) is 6.92 Å². The monoisotopic (exact) mass is 206 g/mol. The van der Waals surface area contributed by atoms with Crippen LogP contribution in [0.25, 0.3) is 0 Å². The summed E-state index contributed by atoms with van der Waals surface area (Å²) in [6.45, 7) is 3.62. The van der Waals surface area contributed by atoms with Gasteiger partial charge in [-0.05, 0) is 24.1 Å². The molecule has 1 aromatic carbocycles. The van der Waals surface area contributed by atoms with Gasteiger partial charge in [-0.15, -0.1) is 0 Å². The Labute approximate surface area is 88.7 Å².